The molecule has 7 nitrogen and oxygen atoms in total. The van der Waals surface area contributed by atoms with Crippen molar-refractivity contribution in [2.75, 3.05) is 23.7 Å². The van der Waals surface area contributed by atoms with E-state index in [1.54, 1.807) is 37.3 Å². The van der Waals surface area contributed by atoms with Crippen molar-refractivity contribution in [1.29, 1.82) is 0 Å². The third-order valence-corrected chi connectivity index (χ3v) is 7.56. The fraction of sp³-hybridized carbons (Fsp3) is 0.286. The zero-order chi connectivity index (χ0) is 30.4. The summed E-state index contributed by atoms with van der Waals surface area (Å²) < 4.78 is 80.0. The Kier molecular flexibility index (Phi) is 10.4. The summed E-state index contributed by atoms with van der Waals surface area (Å²) in [6.07, 6.45) is -4.03. The van der Waals surface area contributed by atoms with Crippen LogP contribution in [0, 0.1) is 5.82 Å². The molecule has 3 aromatic carbocycles. The van der Waals surface area contributed by atoms with Gasteiger partial charge in [-0.15, -0.1) is 0 Å². The Morgan fingerprint density at radius 2 is 1.61 bits per heavy atom. The number of likely N-dealkylation sites (N-methyl/N-ethyl adjacent to an activating group) is 1. The van der Waals surface area contributed by atoms with Gasteiger partial charge in [0, 0.05) is 19.5 Å². The number of nitrogens with zero attached hydrogens (tertiary/aromatic N) is 2. The van der Waals surface area contributed by atoms with Crippen LogP contribution in [0.1, 0.15) is 23.6 Å². The molecule has 3 rings (SSSR count). The zero-order valence-electron chi connectivity index (χ0n) is 22.2. The zero-order valence-corrected chi connectivity index (χ0v) is 23.7. The number of benzene rings is 3. The Bertz CT molecular complexity index is 1470. The molecular formula is C28H28ClF4N3O4S. The van der Waals surface area contributed by atoms with E-state index in [2.05, 4.69) is 5.32 Å². The monoisotopic (exact) mass is 613 g/mol. The van der Waals surface area contributed by atoms with Crippen LogP contribution in [0.15, 0.2) is 72.8 Å². The number of hydrogen-bond donors (Lipinski definition) is 1. The normalized spacial score (nSPS) is 12.5. The number of hydrogen-bond acceptors (Lipinski definition) is 4. The van der Waals surface area contributed by atoms with Crippen molar-refractivity contribution in [1.82, 2.24) is 10.2 Å². The fourth-order valence-corrected chi connectivity index (χ4v) is 5.23. The summed E-state index contributed by atoms with van der Waals surface area (Å²) >= 11 is 6.12. The molecule has 0 heterocycles. The second-order valence-electron chi connectivity index (χ2n) is 9.18. The van der Waals surface area contributed by atoms with Crippen LogP contribution in [0.3, 0.4) is 0 Å². The second-order valence-corrected chi connectivity index (χ2v) is 11.5. The van der Waals surface area contributed by atoms with Gasteiger partial charge in [0.15, 0.2) is 0 Å². The van der Waals surface area contributed by atoms with Crippen molar-refractivity contribution in [3.8, 4) is 0 Å². The van der Waals surface area contributed by atoms with Gasteiger partial charge in [0.05, 0.1) is 22.5 Å². The topological polar surface area (TPSA) is 86.8 Å². The maximum absolute atomic E-state index is 13.9. The molecule has 1 atom stereocenters. The lowest BCUT2D eigenvalue weighted by molar-refractivity contribution is -0.140. The van der Waals surface area contributed by atoms with Gasteiger partial charge in [0.2, 0.25) is 21.8 Å². The van der Waals surface area contributed by atoms with Crippen molar-refractivity contribution in [3.63, 3.8) is 0 Å². The van der Waals surface area contributed by atoms with E-state index in [0.717, 1.165) is 17.2 Å². The highest BCUT2D eigenvalue weighted by Gasteiger charge is 2.35. The molecule has 0 aliphatic carbocycles. The van der Waals surface area contributed by atoms with E-state index in [-0.39, 0.29) is 24.5 Å². The molecule has 0 aromatic heterocycles. The molecule has 0 saturated carbocycles. The van der Waals surface area contributed by atoms with Crippen LogP contribution in [0.4, 0.5) is 23.2 Å². The second kappa shape index (κ2) is 13.3. The van der Waals surface area contributed by atoms with Crippen LogP contribution in [0.5, 0.6) is 0 Å². The molecule has 13 heteroatoms. The Morgan fingerprint density at radius 3 is 2.17 bits per heavy atom. The highest BCUT2D eigenvalue weighted by molar-refractivity contribution is 7.92. The summed E-state index contributed by atoms with van der Waals surface area (Å²) in [5.74, 6) is -1.95. The van der Waals surface area contributed by atoms with Crippen LogP contribution >= 0.6 is 11.6 Å². The van der Waals surface area contributed by atoms with Gasteiger partial charge < -0.3 is 10.2 Å². The van der Waals surface area contributed by atoms with E-state index in [0.29, 0.717) is 27.6 Å². The summed E-state index contributed by atoms with van der Waals surface area (Å²) in [6.45, 7) is 0.746. The number of nitrogens with one attached hydrogen (secondary N) is 1. The van der Waals surface area contributed by atoms with Gasteiger partial charge in [0.25, 0.3) is 0 Å². The van der Waals surface area contributed by atoms with Gasteiger partial charge in [-0.1, -0.05) is 54.1 Å². The predicted octanol–water partition coefficient (Wildman–Crippen LogP) is 5.04. The van der Waals surface area contributed by atoms with Gasteiger partial charge >= 0.3 is 6.18 Å². The average molecular weight is 614 g/mol. The molecule has 0 aliphatic heterocycles. The number of anilines is 1. The van der Waals surface area contributed by atoms with Crippen LogP contribution in [0.2, 0.25) is 5.02 Å². The molecule has 0 radical (unpaired) electrons. The van der Waals surface area contributed by atoms with Crippen LogP contribution < -0.4 is 9.62 Å². The summed E-state index contributed by atoms with van der Waals surface area (Å²) in [5, 5.41) is 2.35. The molecule has 41 heavy (non-hydrogen) atoms. The van der Waals surface area contributed by atoms with E-state index in [4.69, 9.17) is 11.6 Å². The molecule has 1 N–H and O–H groups in total. The highest BCUT2D eigenvalue weighted by Crippen LogP contribution is 2.36. The number of sulfonamides is 1. The number of amides is 2. The largest absolute Gasteiger partial charge is 0.416 e. The van der Waals surface area contributed by atoms with E-state index in [1.165, 1.54) is 24.3 Å². The molecule has 1 unspecified atom stereocenters. The lowest BCUT2D eigenvalue weighted by Gasteiger charge is -2.33. The molecule has 0 saturated heterocycles. The van der Waals surface area contributed by atoms with Crippen molar-refractivity contribution in [3.05, 3.63) is 100 Å². The number of carbonyl (C=O) groups is 2. The number of halogens is 5. The minimum Gasteiger partial charge on any atom is -0.355 e. The van der Waals surface area contributed by atoms with Crippen LogP contribution in [-0.2, 0) is 38.8 Å². The van der Waals surface area contributed by atoms with Gasteiger partial charge in [-0.3, -0.25) is 13.9 Å². The summed E-state index contributed by atoms with van der Waals surface area (Å²) in [5.41, 5.74) is -0.575. The van der Waals surface area contributed by atoms with Gasteiger partial charge in [-0.2, -0.15) is 13.2 Å². The summed E-state index contributed by atoms with van der Waals surface area (Å²) in [7, 11) is -4.34. The SMILES string of the molecule is CCNC(=O)C(Cc1ccccc1)N(Cc1ccc(F)cc1)C(=O)CN(c1cc(C(F)(F)F)ccc1Cl)S(C)(=O)=O. The highest BCUT2D eigenvalue weighted by atomic mass is 35.5. The first-order chi connectivity index (χ1) is 19.2. The Balaban J connectivity index is 2.09. The standard InChI is InChI=1S/C28H28ClF4N3O4S/c1-3-34-27(38)25(15-19-7-5-4-6-8-19)35(17-20-9-12-22(30)13-10-20)26(37)18-36(41(2,39)40)24-16-21(28(31,32)33)11-14-23(24)29/h4-14,16,25H,3,15,17-18H2,1-2H3,(H,34,38). The molecule has 2 amide bonds. The third-order valence-electron chi connectivity index (χ3n) is 6.11. The van der Waals surface area contributed by atoms with Crippen LogP contribution in [0.25, 0.3) is 0 Å². The fourth-order valence-electron chi connectivity index (χ4n) is 4.11. The van der Waals surface area contributed by atoms with Gasteiger partial charge in [0.1, 0.15) is 18.4 Å². The van der Waals surface area contributed by atoms with Crippen LogP contribution in [-0.4, -0.2) is 50.5 Å². The molecule has 0 aliphatic rings. The van der Waals surface area contributed by atoms with E-state index < -0.39 is 57.7 Å². The van der Waals surface area contributed by atoms with E-state index >= 15 is 0 Å². The number of carbonyl (C=O) groups excluding carboxylic acids is 2. The first-order valence-corrected chi connectivity index (χ1v) is 14.6. The number of rotatable bonds is 11. The Hall–Kier alpha value is -3.64. The molecule has 220 valence electrons. The summed E-state index contributed by atoms with van der Waals surface area (Å²) in [4.78, 5) is 28.3. The first-order valence-electron chi connectivity index (χ1n) is 12.4. The van der Waals surface area contributed by atoms with Crippen molar-refractivity contribution in [2.45, 2.75) is 32.1 Å². The molecule has 3 aromatic rings. The van der Waals surface area contributed by atoms with Crippen molar-refractivity contribution >= 4 is 39.1 Å². The minimum absolute atomic E-state index is 0.0444. The van der Waals surface area contributed by atoms with Crippen molar-refractivity contribution < 1.29 is 35.6 Å². The average Bonchev–Trinajstić information content (AvgIpc) is 2.90. The van der Waals surface area contributed by atoms with Crippen molar-refractivity contribution in [2.24, 2.45) is 0 Å². The van der Waals surface area contributed by atoms with Gasteiger partial charge in [-0.05, 0) is 48.4 Å². The maximum Gasteiger partial charge on any atom is 0.416 e. The lowest BCUT2D eigenvalue weighted by Crippen LogP contribution is -2.53. The predicted molar refractivity (Wildman–Crippen MR) is 148 cm³/mol. The smallest absolute Gasteiger partial charge is 0.355 e. The van der Waals surface area contributed by atoms with Gasteiger partial charge in [-0.25, -0.2) is 12.8 Å². The Labute approximate surface area is 240 Å². The number of alkyl halides is 3. The Morgan fingerprint density at radius 1 is 0.976 bits per heavy atom. The first kappa shape index (κ1) is 31.9. The lowest BCUT2D eigenvalue weighted by atomic mass is 10.0. The molecular weight excluding hydrogens is 586 g/mol. The third kappa shape index (κ3) is 8.67. The maximum atomic E-state index is 13.9. The molecule has 0 fully saturated rings. The van der Waals surface area contributed by atoms with E-state index in [9.17, 15) is 35.6 Å². The minimum atomic E-state index is -4.81. The quantitative estimate of drug-likeness (QED) is 0.307. The molecule has 0 bridgehead atoms. The molecule has 0 spiro atoms. The van der Waals surface area contributed by atoms with E-state index in [1.807, 2.05) is 0 Å². The summed E-state index contributed by atoms with van der Waals surface area (Å²) in [6, 6.07) is 14.9.